The molecule has 2 aromatic heterocycles. The second kappa shape index (κ2) is 14.6. The number of piperidine rings is 2. The number of anilines is 1. The average Bonchev–Trinajstić information content (AvgIpc) is 3.17. The molecule has 0 radical (unpaired) electrons. The number of carbonyl (C=O) groups excluding carboxylic acids is 3. The highest BCUT2D eigenvalue weighted by atomic mass is 19.3. The van der Waals surface area contributed by atoms with E-state index in [9.17, 15) is 27.6 Å². The minimum absolute atomic E-state index is 0.0421. The van der Waals surface area contributed by atoms with E-state index in [-0.39, 0.29) is 34.7 Å². The number of hydrogen-bond donors (Lipinski definition) is 2. The van der Waals surface area contributed by atoms with Gasteiger partial charge in [-0.1, -0.05) is 42.5 Å². The van der Waals surface area contributed by atoms with Crippen LogP contribution in [-0.4, -0.2) is 50.9 Å². The Labute approximate surface area is 309 Å². The Morgan fingerprint density at radius 1 is 0.963 bits per heavy atom. The lowest BCUT2D eigenvalue weighted by Gasteiger charge is -2.34. The summed E-state index contributed by atoms with van der Waals surface area (Å²) in [4.78, 5) is 44.2. The maximum atomic E-state index is 15.3. The molecule has 0 spiro atoms. The summed E-state index contributed by atoms with van der Waals surface area (Å²) < 4.78 is 57.0. The van der Waals surface area contributed by atoms with E-state index in [4.69, 9.17) is 0 Å². The molecule has 3 amide bonds. The van der Waals surface area contributed by atoms with E-state index in [1.165, 1.54) is 30.3 Å². The van der Waals surface area contributed by atoms with Crippen LogP contribution in [0.3, 0.4) is 0 Å². The van der Waals surface area contributed by atoms with Crippen molar-refractivity contribution in [3.05, 3.63) is 118 Å². The smallest absolute Gasteiger partial charge is 0.266 e. The Morgan fingerprint density at radius 3 is 2.39 bits per heavy atom. The van der Waals surface area contributed by atoms with E-state index in [0.717, 1.165) is 17.2 Å². The minimum atomic E-state index is -2.97. The summed E-state index contributed by atoms with van der Waals surface area (Å²) in [6.07, 6.45) is 0.719. The lowest BCUT2D eigenvalue weighted by atomic mass is 9.75. The third-order valence-electron chi connectivity index (χ3n) is 10.9. The van der Waals surface area contributed by atoms with Crippen LogP contribution in [0.5, 0.6) is 0 Å². The first kappa shape index (κ1) is 36.6. The van der Waals surface area contributed by atoms with Crippen molar-refractivity contribution in [2.45, 2.75) is 70.3 Å². The van der Waals surface area contributed by atoms with Gasteiger partial charge in [-0.3, -0.25) is 24.7 Å². The second-order valence-corrected chi connectivity index (χ2v) is 14.3. The quantitative estimate of drug-likeness (QED) is 0.122. The molecular weight excluding hydrogens is 700 g/mol. The number of amides is 3. The molecule has 2 saturated heterocycles. The Bertz CT molecular complexity index is 2280. The Hall–Kier alpha value is -5.72. The highest BCUT2D eigenvalue weighted by Crippen LogP contribution is 2.36. The van der Waals surface area contributed by atoms with Crippen LogP contribution in [0.1, 0.15) is 96.2 Å². The lowest BCUT2D eigenvalue weighted by Crippen LogP contribution is -2.49. The van der Waals surface area contributed by atoms with E-state index in [1.54, 1.807) is 31.0 Å². The normalized spacial score (nSPS) is 18.6. The van der Waals surface area contributed by atoms with Crippen molar-refractivity contribution in [2.24, 2.45) is 0 Å². The molecule has 4 heterocycles. The molecule has 278 valence electrons. The number of benzene rings is 3. The lowest BCUT2D eigenvalue weighted by molar-refractivity contribution is -0.137. The van der Waals surface area contributed by atoms with E-state index in [0.29, 0.717) is 66.5 Å². The number of halogens is 4. The van der Waals surface area contributed by atoms with Crippen molar-refractivity contribution in [1.82, 2.24) is 25.4 Å². The van der Waals surface area contributed by atoms with Crippen molar-refractivity contribution in [1.29, 1.82) is 0 Å². The van der Waals surface area contributed by atoms with Crippen LogP contribution < -0.4 is 10.6 Å². The predicted octanol–water partition coefficient (Wildman–Crippen LogP) is 8.10. The molecule has 2 aliphatic heterocycles. The predicted molar refractivity (Wildman–Crippen MR) is 195 cm³/mol. The van der Waals surface area contributed by atoms with Gasteiger partial charge in [-0.25, -0.2) is 17.6 Å². The zero-order valence-electron chi connectivity index (χ0n) is 29.9. The molecule has 0 unspecified atom stereocenters. The number of aryl methyl sites for hydroxylation is 1. The zero-order chi connectivity index (χ0) is 38.3. The van der Waals surface area contributed by atoms with Crippen LogP contribution in [0.15, 0.2) is 72.9 Å². The fourth-order valence-electron chi connectivity index (χ4n) is 7.43. The third kappa shape index (κ3) is 6.90. The van der Waals surface area contributed by atoms with Gasteiger partial charge in [0.1, 0.15) is 11.6 Å². The number of aromatic nitrogens is 3. The number of hydrogen-bond acceptors (Lipinski definition) is 7. The van der Waals surface area contributed by atoms with Gasteiger partial charge in [0.15, 0.2) is 5.82 Å². The van der Waals surface area contributed by atoms with Crippen molar-refractivity contribution in [2.75, 3.05) is 18.4 Å². The minimum Gasteiger partial charge on any atom is -0.361 e. The summed E-state index contributed by atoms with van der Waals surface area (Å²) in [5.74, 6) is -2.19. The standard InChI is InChI=1S/C41H38F4N6O3/c1-22(28-5-4-6-29(36(28)43)37(44)45)47-38-30-20-34(46-21-32(30)23(2)49-50-38)26-9-12-33(42)31(19-26)39(53)51-17-14-25(15-18-51)24-7-10-27(11-8-24)41(3)16-13-35(52)48-40(41)54/h4-12,19-22,25,37H,13-18H2,1-3H3,(H,47,50)(H,48,52,54)/t22-,41-/m1/s1. The van der Waals surface area contributed by atoms with Crippen LogP contribution in [0.2, 0.25) is 0 Å². The number of nitrogens with zero attached hydrogens (tertiary/aromatic N) is 4. The summed E-state index contributed by atoms with van der Waals surface area (Å²) in [7, 11) is 0. The largest absolute Gasteiger partial charge is 0.361 e. The molecule has 0 bridgehead atoms. The summed E-state index contributed by atoms with van der Waals surface area (Å²) in [5, 5.41) is 15.2. The van der Waals surface area contributed by atoms with Gasteiger partial charge in [0.25, 0.3) is 12.3 Å². The molecule has 7 rings (SSSR count). The number of likely N-dealkylation sites (tertiary alicyclic amines) is 1. The fraction of sp³-hybridized carbons (Fsp3) is 0.317. The van der Waals surface area contributed by atoms with E-state index >= 15 is 4.39 Å². The number of carbonyl (C=O) groups is 3. The van der Waals surface area contributed by atoms with Gasteiger partial charge in [0.2, 0.25) is 11.8 Å². The monoisotopic (exact) mass is 738 g/mol. The zero-order valence-corrected chi connectivity index (χ0v) is 29.9. The number of nitrogens with one attached hydrogen (secondary N) is 2. The Morgan fingerprint density at radius 2 is 1.69 bits per heavy atom. The molecule has 2 atom stereocenters. The molecule has 0 saturated carbocycles. The van der Waals surface area contributed by atoms with Gasteiger partial charge in [0, 0.05) is 47.6 Å². The first-order chi connectivity index (χ1) is 25.8. The first-order valence-corrected chi connectivity index (χ1v) is 17.8. The summed E-state index contributed by atoms with van der Waals surface area (Å²) in [6.45, 7) is 6.08. The number of pyridine rings is 1. The number of rotatable bonds is 8. The summed E-state index contributed by atoms with van der Waals surface area (Å²) >= 11 is 0. The second-order valence-electron chi connectivity index (χ2n) is 14.3. The molecular formula is C41H38F4N6O3. The van der Waals surface area contributed by atoms with Crippen molar-refractivity contribution in [3.63, 3.8) is 0 Å². The summed E-state index contributed by atoms with van der Waals surface area (Å²) in [5.41, 5.74) is 1.93. The molecule has 13 heteroatoms. The van der Waals surface area contributed by atoms with Crippen LogP contribution in [0.25, 0.3) is 22.0 Å². The van der Waals surface area contributed by atoms with Gasteiger partial charge < -0.3 is 10.2 Å². The van der Waals surface area contributed by atoms with Crippen LogP contribution >= 0.6 is 0 Å². The van der Waals surface area contributed by atoms with Crippen molar-refractivity contribution in [3.8, 4) is 11.3 Å². The van der Waals surface area contributed by atoms with Crippen molar-refractivity contribution < 1.29 is 31.9 Å². The van der Waals surface area contributed by atoms with Crippen LogP contribution in [0, 0.1) is 18.6 Å². The maximum Gasteiger partial charge on any atom is 0.266 e. The number of alkyl halides is 2. The highest BCUT2D eigenvalue weighted by molar-refractivity contribution is 6.03. The number of imide groups is 1. The molecule has 54 heavy (non-hydrogen) atoms. The summed E-state index contributed by atoms with van der Waals surface area (Å²) in [6, 6.07) is 17.0. The molecule has 0 aliphatic carbocycles. The SMILES string of the molecule is Cc1nnc(N[C@H](C)c2cccc(C(F)F)c2F)c2cc(-c3ccc(F)c(C(=O)N4CCC(c5ccc([C@@]6(C)CCC(=O)NC6=O)cc5)CC4)c3)ncc12. The molecule has 2 aliphatic rings. The van der Waals surface area contributed by atoms with E-state index in [2.05, 4.69) is 25.8 Å². The molecule has 5 aromatic rings. The molecule has 2 N–H and O–H groups in total. The van der Waals surface area contributed by atoms with Crippen molar-refractivity contribution >= 4 is 34.3 Å². The molecule has 3 aromatic carbocycles. The highest BCUT2D eigenvalue weighted by Gasteiger charge is 2.40. The van der Waals surface area contributed by atoms with E-state index in [1.807, 2.05) is 31.2 Å². The Kier molecular flexibility index (Phi) is 9.90. The molecule has 2 fully saturated rings. The fourth-order valence-corrected chi connectivity index (χ4v) is 7.43. The third-order valence-corrected chi connectivity index (χ3v) is 10.9. The topological polar surface area (TPSA) is 117 Å². The Balaban J connectivity index is 1.07. The van der Waals surface area contributed by atoms with Gasteiger partial charge in [0.05, 0.1) is 34.0 Å². The molecule has 9 nitrogen and oxygen atoms in total. The van der Waals surface area contributed by atoms with Crippen LogP contribution in [0.4, 0.5) is 23.4 Å². The first-order valence-electron chi connectivity index (χ1n) is 17.8. The van der Waals surface area contributed by atoms with Gasteiger partial charge in [-0.05, 0) is 81.3 Å². The van der Waals surface area contributed by atoms with Crippen LogP contribution in [-0.2, 0) is 15.0 Å². The average molecular weight is 739 g/mol. The number of fused-ring (bicyclic) bond motifs is 1. The van der Waals surface area contributed by atoms with E-state index < -0.39 is 41.0 Å². The maximum absolute atomic E-state index is 15.3. The van der Waals surface area contributed by atoms with Gasteiger partial charge >= 0.3 is 0 Å². The van der Waals surface area contributed by atoms with Gasteiger partial charge in [-0.2, -0.15) is 5.10 Å². The van der Waals surface area contributed by atoms with Gasteiger partial charge in [-0.15, -0.1) is 5.10 Å².